The van der Waals surface area contributed by atoms with Gasteiger partial charge in [0, 0.05) is 18.7 Å². The lowest BCUT2D eigenvalue weighted by Gasteiger charge is -2.07. The molecule has 0 saturated carbocycles. The van der Waals surface area contributed by atoms with E-state index in [9.17, 15) is 9.90 Å². The van der Waals surface area contributed by atoms with Gasteiger partial charge in [0.25, 0.3) is 5.91 Å². The van der Waals surface area contributed by atoms with Crippen LogP contribution in [0.2, 0.25) is 0 Å². The molecule has 0 bridgehead atoms. The standard InChI is InChI=1S/C12H13N3O3/c1-15-11(5-6-13-15)14-12(17)8-3-4-9(16)10(7-8)18-2/h3-7,16H,1-2H3,(H,14,17). The second-order valence-corrected chi connectivity index (χ2v) is 3.68. The molecule has 94 valence electrons. The highest BCUT2D eigenvalue weighted by Crippen LogP contribution is 2.26. The molecule has 2 aromatic rings. The van der Waals surface area contributed by atoms with Crippen LogP contribution in [0, 0.1) is 0 Å². The predicted molar refractivity (Wildman–Crippen MR) is 65.8 cm³/mol. The molecule has 0 aliphatic heterocycles. The highest BCUT2D eigenvalue weighted by molar-refractivity contribution is 6.04. The van der Waals surface area contributed by atoms with Crippen molar-refractivity contribution in [3.05, 3.63) is 36.0 Å². The third kappa shape index (κ3) is 2.27. The molecule has 1 heterocycles. The number of phenolic OH excluding ortho intramolecular Hbond substituents is 1. The van der Waals surface area contributed by atoms with Gasteiger partial charge in [0.05, 0.1) is 13.3 Å². The molecule has 0 unspecified atom stereocenters. The van der Waals surface area contributed by atoms with Crippen molar-refractivity contribution in [3.8, 4) is 11.5 Å². The van der Waals surface area contributed by atoms with Crippen molar-refractivity contribution in [3.63, 3.8) is 0 Å². The van der Waals surface area contributed by atoms with Gasteiger partial charge in [-0.25, -0.2) is 0 Å². The SMILES string of the molecule is COc1cc(C(=O)Nc2ccnn2C)ccc1O. The third-order valence-electron chi connectivity index (χ3n) is 2.50. The maximum atomic E-state index is 12.0. The number of anilines is 1. The molecule has 0 aliphatic carbocycles. The summed E-state index contributed by atoms with van der Waals surface area (Å²) in [5, 5.41) is 16.1. The summed E-state index contributed by atoms with van der Waals surface area (Å²) in [6.07, 6.45) is 1.59. The lowest BCUT2D eigenvalue weighted by molar-refractivity contribution is 0.102. The Kier molecular flexibility index (Phi) is 3.18. The van der Waals surface area contributed by atoms with Crippen LogP contribution in [0.15, 0.2) is 30.5 Å². The minimum absolute atomic E-state index is 0.00502. The van der Waals surface area contributed by atoms with E-state index >= 15 is 0 Å². The normalized spacial score (nSPS) is 10.1. The molecule has 0 radical (unpaired) electrons. The molecule has 18 heavy (non-hydrogen) atoms. The topological polar surface area (TPSA) is 76.4 Å². The molecule has 1 aromatic carbocycles. The molecule has 0 fully saturated rings. The van der Waals surface area contributed by atoms with Crippen LogP contribution >= 0.6 is 0 Å². The summed E-state index contributed by atoms with van der Waals surface area (Å²) >= 11 is 0. The van der Waals surface area contributed by atoms with E-state index in [4.69, 9.17) is 4.74 Å². The van der Waals surface area contributed by atoms with Gasteiger partial charge >= 0.3 is 0 Å². The Morgan fingerprint density at radius 3 is 2.83 bits per heavy atom. The van der Waals surface area contributed by atoms with E-state index in [0.717, 1.165) is 0 Å². The zero-order valence-electron chi connectivity index (χ0n) is 10.0. The second-order valence-electron chi connectivity index (χ2n) is 3.68. The largest absolute Gasteiger partial charge is 0.504 e. The Hall–Kier alpha value is -2.50. The van der Waals surface area contributed by atoms with Gasteiger partial charge in [0.1, 0.15) is 5.82 Å². The van der Waals surface area contributed by atoms with E-state index in [1.165, 1.54) is 25.3 Å². The first-order valence-electron chi connectivity index (χ1n) is 5.28. The smallest absolute Gasteiger partial charge is 0.256 e. The average molecular weight is 247 g/mol. The number of aromatic hydroxyl groups is 1. The van der Waals surface area contributed by atoms with Crippen LogP contribution in [0.4, 0.5) is 5.82 Å². The number of nitrogens with one attached hydrogen (secondary N) is 1. The lowest BCUT2D eigenvalue weighted by atomic mass is 10.2. The number of ether oxygens (including phenoxy) is 1. The number of benzene rings is 1. The van der Waals surface area contributed by atoms with E-state index in [0.29, 0.717) is 11.4 Å². The fourth-order valence-corrected chi connectivity index (χ4v) is 1.50. The van der Waals surface area contributed by atoms with E-state index in [1.807, 2.05) is 0 Å². The number of aryl methyl sites for hydroxylation is 1. The molecular formula is C12H13N3O3. The zero-order chi connectivity index (χ0) is 13.1. The Bertz CT molecular complexity index is 578. The van der Waals surface area contributed by atoms with Gasteiger partial charge in [0.15, 0.2) is 11.5 Å². The maximum absolute atomic E-state index is 12.0. The predicted octanol–water partition coefficient (Wildman–Crippen LogP) is 1.39. The zero-order valence-corrected chi connectivity index (χ0v) is 10.0. The number of carbonyl (C=O) groups excluding carboxylic acids is 1. The molecule has 0 aliphatic rings. The molecule has 0 atom stereocenters. The molecule has 6 heteroatoms. The van der Waals surface area contributed by atoms with Crippen molar-refractivity contribution in [2.75, 3.05) is 12.4 Å². The molecule has 1 amide bonds. The molecule has 2 rings (SSSR count). The summed E-state index contributed by atoms with van der Waals surface area (Å²) in [6.45, 7) is 0. The van der Waals surface area contributed by atoms with Crippen molar-refractivity contribution in [2.45, 2.75) is 0 Å². The minimum Gasteiger partial charge on any atom is -0.504 e. The van der Waals surface area contributed by atoms with Crippen molar-refractivity contribution >= 4 is 11.7 Å². The number of nitrogens with zero attached hydrogens (tertiary/aromatic N) is 2. The first-order valence-corrected chi connectivity index (χ1v) is 5.28. The van der Waals surface area contributed by atoms with Gasteiger partial charge in [0.2, 0.25) is 0 Å². The van der Waals surface area contributed by atoms with Gasteiger partial charge in [-0.3, -0.25) is 9.48 Å². The monoisotopic (exact) mass is 247 g/mol. The van der Waals surface area contributed by atoms with E-state index < -0.39 is 0 Å². The molecular weight excluding hydrogens is 234 g/mol. The highest BCUT2D eigenvalue weighted by Gasteiger charge is 2.11. The van der Waals surface area contributed by atoms with Crippen molar-refractivity contribution in [2.24, 2.45) is 7.05 Å². The maximum Gasteiger partial charge on any atom is 0.256 e. The summed E-state index contributed by atoms with van der Waals surface area (Å²) in [7, 11) is 3.16. The van der Waals surface area contributed by atoms with Gasteiger partial charge in [-0.2, -0.15) is 5.10 Å². The lowest BCUT2D eigenvalue weighted by Crippen LogP contribution is -2.14. The summed E-state index contributed by atoms with van der Waals surface area (Å²) in [6, 6.07) is 6.09. The quantitative estimate of drug-likeness (QED) is 0.859. The molecule has 0 saturated heterocycles. The van der Waals surface area contributed by atoms with Crippen LogP contribution in [0.3, 0.4) is 0 Å². The number of carbonyl (C=O) groups is 1. The second kappa shape index (κ2) is 4.79. The first kappa shape index (κ1) is 12.0. The van der Waals surface area contributed by atoms with E-state index in [2.05, 4.69) is 10.4 Å². The van der Waals surface area contributed by atoms with Gasteiger partial charge in [-0.15, -0.1) is 0 Å². The Balaban J connectivity index is 2.21. The Labute approximate surface area is 104 Å². The minimum atomic E-state index is -0.295. The van der Waals surface area contributed by atoms with Crippen LogP contribution in [-0.4, -0.2) is 27.9 Å². The van der Waals surface area contributed by atoms with E-state index in [1.54, 1.807) is 24.0 Å². The fourth-order valence-electron chi connectivity index (χ4n) is 1.50. The highest BCUT2D eigenvalue weighted by atomic mass is 16.5. The van der Waals surface area contributed by atoms with Crippen molar-refractivity contribution < 1.29 is 14.6 Å². The van der Waals surface area contributed by atoms with Crippen LogP contribution in [0.5, 0.6) is 11.5 Å². The summed E-state index contributed by atoms with van der Waals surface area (Å²) < 4.78 is 6.50. The summed E-state index contributed by atoms with van der Waals surface area (Å²) in [5.74, 6) is 0.547. The molecule has 6 nitrogen and oxygen atoms in total. The number of rotatable bonds is 3. The van der Waals surface area contributed by atoms with Crippen LogP contribution < -0.4 is 10.1 Å². The molecule has 1 aromatic heterocycles. The number of phenols is 1. The van der Waals surface area contributed by atoms with Crippen molar-refractivity contribution in [1.29, 1.82) is 0 Å². The third-order valence-corrected chi connectivity index (χ3v) is 2.50. The molecule has 0 spiro atoms. The van der Waals surface area contributed by atoms with Crippen LogP contribution in [-0.2, 0) is 7.05 Å². The van der Waals surface area contributed by atoms with Gasteiger partial charge in [-0.1, -0.05) is 0 Å². The summed E-state index contributed by atoms with van der Waals surface area (Å²) in [4.78, 5) is 12.0. The number of aromatic nitrogens is 2. The van der Waals surface area contributed by atoms with Crippen molar-refractivity contribution in [1.82, 2.24) is 9.78 Å². The Morgan fingerprint density at radius 1 is 1.44 bits per heavy atom. The molecule has 2 N–H and O–H groups in total. The number of hydrogen-bond donors (Lipinski definition) is 2. The first-order chi connectivity index (χ1) is 8.61. The average Bonchev–Trinajstić information content (AvgIpc) is 2.75. The Morgan fingerprint density at radius 2 is 2.22 bits per heavy atom. The van der Waals surface area contributed by atoms with Gasteiger partial charge in [-0.05, 0) is 18.2 Å². The van der Waals surface area contributed by atoms with E-state index in [-0.39, 0.29) is 17.4 Å². The number of amides is 1. The summed E-state index contributed by atoms with van der Waals surface area (Å²) in [5.41, 5.74) is 0.394. The number of hydrogen-bond acceptors (Lipinski definition) is 4. The fraction of sp³-hybridized carbons (Fsp3) is 0.167. The van der Waals surface area contributed by atoms with Gasteiger partial charge < -0.3 is 15.2 Å². The van der Waals surface area contributed by atoms with Crippen LogP contribution in [0.25, 0.3) is 0 Å². The van der Waals surface area contributed by atoms with Crippen LogP contribution in [0.1, 0.15) is 10.4 Å². The number of methoxy groups -OCH3 is 1.